The highest BCUT2D eigenvalue weighted by molar-refractivity contribution is 7.10. The summed E-state index contributed by atoms with van der Waals surface area (Å²) < 4.78 is 10.9. The molecular weight excluding hydrogens is 1300 g/mol. The molecule has 5 N–H and O–H groups in total. The van der Waals surface area contributed by atoms with E-state index >= 15 is 0 Å². The highest BCUT2D eigenvalue weighted by atomic mass is 32.1. The first-order chi connectivity index (χ1) is 46.8. The number of benzene rings is 4. The van der Waals surface area contributed by atoms with Gasteiger partial charge in [-0.25, -0.2) is 29.1 Å². The van der Waals surface area contributed by atoms with Crippen molar-refractivity contribution in [2.45, 2.75) is 155 Å². The Labute approximate surface area is 586 Å². The van der Waals surface area contributed by atoms with Crippen LogP contribution in [0.25, 0.3) is 0 Å². The standard InChI is InChI=1S/C38H47N5O4S2.C36H45N5O5S2/c1-26(2)35(42-37(45)43(5)22-32-24-48-36(40-32)27(3)4)34(44)20-30(18-28-12-8-6-9-13-28)16-17-31(19-29-14-10-7-11-15-29)41-38(46)47-23-33-21-39-25-49-33;1-25(2)34-38-30(23-47-34)20-41(3)35(44)40-32(21-42)33(43)18-28(16-26-10-6-4-7-11-26)14-15-29(17-27-12-8-5-9-13-27)39-36(45)46-22-31-19-37-24-48-31/h6-17,21,24-27,30-31,35H,18-20,22-23H2,1-5H3,(H,41,46)(H,42,45);4-13,19,23-25,28-29,32,42H,14-18,20-22H2,1-3H3,(H,39,45)(H,40,44)/b17-16+;. The van der Waals surface area contributed by atoms with Gasteiger partial charge in [-0.1, -0.05) is 175 Å². The highest BCUT2D eigenvalue weighted by Gasteiger charge is 2.30. The van der Waals surface area contributed by atoms with E-state index in [-0.39, 0.29) is 73.5 Å². The number of amides is 6. The number of hydrogen-bond acceptors (Lipinski definition) is 17. The molecule has 0 spiro atoms. The first kappa shape index (κ1) is 75.9. The average molecular weight is 1390 g/mol. The van der Waals surface area contributed by atoms with Gasteiger partial charge in [-0.3, -0.25) is 19.6 Å². The van der Waals surface area contributed by atoms with Gasteiger partial charge in [0.15, 0.2) is 11.6 Å². The van der Waals surface area contributed by atoms with Crippen molar-refractivity contribution >= 4 is 81.2 Å². The zero-order valence-corrected chi connectivity index (χ0v) is 59.8. The third-order valence-corrected chi connectivity index (χ3v) is 19.8. The molecule has 6 amide bonds. The summed E-state index contributed by atoms with van der Waals surface area (Å²) in [6.07, 6.45) is 10.3. The molecule has 97 heavy (non-hydrogen) atoms. The first-order valence-corrected chi connectivity index (χ1v) is 36.3. The SMILES string of the molecule is CC(C)c1nc(CN(C)C(=O)NC(C(=O)CC(/C=C/C(Cc2ccccc2)NC(=O)OCc2cncs2)Cc2ccccc2)C(C)C)cs1.CC(C)c1nc(CN(C)C(=O)NC(CO)C(=O)CC(CCC(Cc2ccccc2)NC(=O)OCc2cncs2)Cc2ccccc2)cs1. The summed E-state index contributed by atoms with van der Waals surface area (Å²) >= 11 is 6.00. The highest BCUT2D eigenvalue weighted by Crippen LogP contribution is 2.25. The minimum absolute atomic E-state index is 0.0466. The van der Waals surface area contributed by atoms with Gasteiger partial charge in [-0.05, 0) is 78.5 Å². The summed E-state index contributed by atoms with van der Waals surface area (Å²) in [6, 6.07) is 36.7. The minimum atomic E-state index is -1.04. The number of aliphatic hydroxyl groups excluding tert-OH is 1. The number of hydrogen-bond donors (Lipinski definition) is 5. The minimum Gasteiger partial charge on any atom is -0.444 e. The second-order valence-electron chi connectivity index (χ2n) is 25.1. The maximum Gasteiger partial charge on any atom is 0.407 e. The quantitative estimate of drug-likeness (QED) is 0.0232. The maximum atomic E-state index is 13.9. The lowest BCUT2D eigenvalue weighted by molar-refractivity contribution is -0.123. The van der Waals surface area contributed by atoms with Gasteiger partial charge >= 0.3 is 24.2 Å². The summed E-state index contributed by atoms with van der Waals surface area (Å²) in [4.78, 5) is 101. The van der Waals surface area contributed by atoms with Gasteiger partial charge in [0, 0.05) is 68.0 Å². The molecule has 0 bridgehead atoms. The number of ketones is 2. The Balaban J connectivity index is 0.000000273. The number of ether oxygens (including phenoxy) is 2. The number of allylic oxidation sites excluding steroid dienone is 1. The molecule has 6 unspecified atom stereocenters. The third-order valence-electron chi connectivity index (χ3n) is 15.9. The number of rotatable bonds is 35. The second-order valence-corrected chi connectivity index (χ2v) is 28.8. The molecule has 19 nitrogen and oxygen atoms in total. The van der Waals surface area contributed by atoms with Crippen molar-refractivity contribution in [2.75, 3.05) is 20.7 Å². The van der Waals surface area contributed by atoms with Crippen molar-refractivity contribution in [2.24, 2.45) is 17.8 Å². The van der Waals surface area contributed by atoms with Crippen LogP contribution in [0.2, 0.25) is 0 Å². The van der Waals surface area contributed by atoms with Crippen LogP contribution >= 0.6 is 45.3 Å². The second kappa shape index (κ2) is 40.3. The number of Topliss-reactive ketones (excluding diaryl/α,β-unsaturated/α-hetero) is 2. The lowest BCUT2D eigenvalue weighted by Crippen LogP contribution is -2.49. The van der Waals surface area contributed by atoms with Crippen LogP contribution in [0.5, 0.6) is 0 Å². The van der Waals surface area contributed by atoms with E-state index in [4.69, 9.17) is 9.47 Å². The van der Waals surface area contributed by atoms with Crippen LogP contribution < -0.4 is 21.3 Å². The molecule has 4 aromatic heterocycles. The summed E-state index contributed by atoms with van der Waals surface area (Å²) in [5.74, 6) is -0.0487. The number of thiazole rings is 4. The third kappa shape index (κ3) is 27.2. The predicted octanol–water partition coefficient (Wildman–Crippen LogP) is 14.2. The fraction of sp³-hybridized carbons (Fsp3) is 0.405. The number of carbonyl (C=O) groups excluding carboxylic acids is 6. The number of carbonyl (C=O) groups is 6. The van der Waals surface area contributed by atoms with Crippen molar-refractivity contribution in [1.82, 2.24) is 51.0 Å². The van der Waals surface area contributed by atoms with E-state index in [9.17, 15) is 33.9 Å². The Morgan fingerprint density at radius 1 is 0.526 bits per heavy atom. The van der Waals surface area contributed by atoms with Crippen molar-refractivity contribution in [3.63, 3.8) is 0 Å². The molecule has 0 saturated carbocycles. The van der Waals surface area contributed by atoms with E-state index in [0.717, 1.165) is 53.4 Å². The molecule has 0 aliphatic rings. The van der Waals surface area contributed by atoms with Crippen LogP contribution in [-0.4, -0.2) is 116 Å². The molecule has 0 radical (unpaired) electrons. The van der Waals surface area contributed by atoms with E-state index in [1.165, 1.54) is 27.6 Å². The number of urea groups is 2. The molecule has 8 aromatic rings. The molecule has 6 atom stereocenters. The van der Waals surface area contributed by atoms with Crippen LogP contribution in [-0.2, 0) is 71.0 Å². The molecule has 4 aromatic carbocycles. The monoisotopic (exact) mass is 1390 g/mol. The fourth-order valence-corrected chi connectivity index (χ4v) is 13.3. The number of nitrogens with zero attached hydrogens (tertiary/aromatic N) is 6. The summed E-state index contributed by atoms with van der Waals surface area (Å²) in [5.41, 5.74) is 9.31. The van der Waals surface area contributed by atoms with Crippen molar-refractivity contribution < 1.29 is 43.3 Å². The first-order valence-electron chi connectivity index (χ1n) is 32.8. The van der Waals surface area contributed by atoms with Gasteiger partial charge in [-0.2, -0.15) is 0 Å². The Hall–Kier alpha value is -8.48. The molecule has 0 aliphatic heterocycles. The Morgan fingerprint density at radius 3 is 1.44 bits per heavy atom. The van der Waals surface area contributed by atoms with Gasteiger partial charge in [0.05, 0.1) is 74.0 Å². The van der Waals surface area contributed by atoms with Crippen LogP contribution in [0, 0.1) is 17.8 Å². The van der Waals surface area contributed by atoms with E-state index in [1.54, 1.807) is 65.1 Å². The molecular formula is C74H92N10O9S4. The Kier molecular flexibility index (Phi) is 31.5. The van der Waals surface area contributed by atoms with Gasteiger partial charge < -0.3 is 45.6 Å². The van der Waals surface area contributed by atoms with Gasteiger partial charge in [0.25, 0.3) is 0 Å². The Morgan fingerprint density at radius 2 is 0.990 bits per heavy atom. The van der Waals surface area contributed by atoms with E-state index in [0.29, 0.717) is 63.5 Å². The molecule has 23 heteroatoms. The molecule has 0 aliphatic carbocycles. The van der Waals surface area contributed by atoms with Crippen molar-refractivity contribution in [3.8, 4) is 0 Å². The largest absolute Gasteiger partial charge is 0.444 e. The molecule has 4 heterocycles. The Bertz CT molecular complexity index is 3650. The average Bonchev–Trinajstić information content (AvgIpc) is 1.97. The number of aliphatic hydroxyl groups is 1. The van der Waals surface area contributed by atoms with E-state index < -0.39 is 36.9 Å². The summed E-state index contributed by atoms with van der Waals surface area (Å²) in [5, 5.41) is 27.8. The molecule has 516 valence electrons. The lowest BCUT2D eigenvalue weighted by Gasteiger charge is -2.26. The molecule has 0 fully saturated rings. The van der Waals surface area contributed by atoms with E-state index in [1.807, 2.05) is 158 Å². The lowest BCUT2D eigenvalue weighted by atomic mass is 9.86. The normalized spacial score (nSPS) is 13.2. The number of nitrogens with one attached hydrogen (secondary N) is 4. The smallest absolute Gasteiger partial charge is 0.407 e. The van der Waals surface area contributed by atoms with Crippen molar-refractivity contribution in [3.05, 3.63) is 221 Å². The summed E-state index contributed by atoms with van der Waals surface area (Å²) in [7, 11) is 3.36. The topological polar surface area (TPSA) is 247 Å². The van der Waals surface area contributed by atoms with Crippen LogP contribution in [0.1, 0.15) is 132 Å². The van der Waals surface area contributed by atoms with Crippen LogP contribution in [0.4, 0.5) is 19.2 Å². The van der Waals surface area contributed by atoms with E-state index in [2.05, 4.69) is 68.9 Å². The zero-order valence-electron chi connectivity index (χ0n) is 56.6. The van der Waals surface area contributed by atoms with Crippen molar-refractivity contribution in [1.29, 1.82) is 0 Å². The summed E-state index contributed by atoms with van der Waals surface area (Å²) in [6.45, 7) is 12.6. The van der Waals surface area contributed by atoms with Crippen LogP contribution in [0.15, 0.2) is 168 Å². The zero-order chi connectivity index (χ0) is 69.5. The fourth-order valence-electron chi connectivity index (χ4n) is 10.6. The maximum absolute atomic E-state index is 13.9. The number of aromatic nitrogens is 4. The van der Waals surface area contributed by atoms with Gasteiger partial charge in [-0.15, -0.1) is 45.3 Å². The molecule has 0 saturated heterocycles. The van der Waals surface area contributed by atoms with Crippen LogP contribution in [0.3, 0.4) is 0 Å². The van der Waals surface area contributed by atoms with Gasteiger partial charge in [0.1, 0.15) is 19.3 Å². The molecule has 8 rings (SSSR count). The van der Waals surface area contributed by atoms with Gasteiger partial charge in [0.2, 0.25) is 0 Å². The number of alkyl carbamates (subject to hydrolysis) is 2. The predicted molar refractivity (Wildman–Crippen MR) is 386 cm³/mol.